The van der Waals surface area contributed by atoms with E-state index in [0.29, 0.717) is 6.61 Å². The highest BCUT2D eigenvalue weighted by atomic mass is 16.6. The minimum absolute atomic E-state index is 0.138. The molecule has 0 aliphatic carbocycles. The van der Waals surface area contributed by atoms with Gasteiger partial charge in [0.25, 0.3) is 0 Å². The van der Waals surface area contributed by atoms with Crippen LogP contribution >= 0.6 is 0 Å². The lowest BCUT2D eigenvalue weighted by atomic mass is 9.93. The smallest absolute Gasteiger partial charge is 0.335 e. The van der Waals surface area contributed by atoms with E-state index in [-0.39, 0.29) is 11.9 Å². The fraction of sp³-hybridized carbons (Fsp3) is 0.417. The van der Waals surface area contributed by atoms with Crippen LogP contribution in [0.3, 0.4) is 0 Å². The van der Waals surface area contributed by atoms with Gasteiger partial charge in [-0.05, 0) is 12.0 Å². The molecule has 0 unspecified atom stereocenters. The van der Waals surface area contributed by atoms with Crippen LogP contribution in [0.4, 0.5) is 0 Å². The number of methoxy groups -OCH3 is 1. The highest BCUT2D eigenvalue weighted by Gasteiger charge is 2.35. The third kappa shape index (κ3) is 2.02. The van der Waals surface area contributed by atoms with Gasteiger partial charge in [-0.1, -0.05) is 30.3 Å². The van der Waals surface area contributed by atoms with Crippen molar-refractivity contribution in [3.63, 3.8) is 0 Å². The topological polar surface area (TPSA) is 35.5 Å². The Morgan fingerprint density at radius 3 is 2.80 bits per heavy atom. The zero-order valence-electron chi connectivity index (χ0n) is 8.68. The van der Waals surface area contributed by atoms with Crippen molar-refractivity contribution in [3.05, 3.63) is 35.9 Å². The second kappa shape index (κ2) is 4.45. The molecule has 1 heterocycles. The molecule has 3 nitrogen and oxygen atoms in total. The Labute approximate surface area is 89.0 Å². The maximum atomic E-state index is 11.5. The van der Waals surface area contributed by atoms with E-state index in [1.165, 1.54) is 7.11 Å². The molecular formula is C12H14O3. The van der Waals surface area contributed by atoms with E-state index in [9.17, 15) is 4.79 Å². The van der Waals surface area contributed by atoms with Crippen LogP contribution in [0.15, 0.2) is 30.3 Å². The molecule has 0 saturated carbocycles. The molecule has 0 spiro atoms. The van der Waals surface area contributed by atoms with E-state index in [2.05, 4.69) is 0 Å². The average molecular weight is 206 g/mol. The quantitative estimate of drug-likeness (QED) is 0.691. The van der Waals surface area contributed by atoms with E-state index in [1.807, 2.05) is 30.3 Å². The van der Waals surface area contributed by atoms with Gasteiger partial charge in [0, 0.05) is 12.5 Å². The van der Waals surface area contributed by atoms with Gasteiger partial charge in [-0.2, -0.15) is 0 Å². The molecule has 1 fully saturated rings. The number of hydrogen-bond donors (Lipinski definition) is 0. The first kappa shape index (κ1) is 10.2. The first-order valence-electron chi connectivity index (χ1n) is 5.07. The Bertz CT molecular complexity index is 334. The number of carbonyl (C=O) groups is 1. The second-order valence-corrected chi connectivity index (χ2v) is 3.62. The van der Waals surface area contributed by atoms with Crippen molar-refractivity contribution in [2.75, 3.05) is 13.7 Å². The van der Waals surface area contributed by atoms with Gasteiger partial charge in [0.05, 0.1) is 7.11 Å². The highest BCUT2D eigenvalue weighted by Crippen LogP contribution is 2.31. The lowest BCUT2D eigenvalue weighted by Crippen LogP contribution is -2.26. The first-order chi connectivity index (χ1) is 7.33. The molecule has 0 radical (unpaired) electrons. The molecular weight excluding hydrogens is 192 g/mol. The number of ether oxygens (including phenoxy) is 2. The fourth-order valence-corrected chi connectivity index (χ4v) is 1.98. The minimum Gasteiger partial charge on any atom is -0.467 e. The minimum atomic E-state index is -0.433. The van der Waals surface area contributed by atoms with Crippen molar-refractivity contribution in [2.45, 2.75) is 18.4 Å². The normalized spacial score (nSPS) is 25.1. The van der Waals surface area contributed by atoms with Gasteiger partial charge in [-0.3, -0.25) is 0 Å². The maximum Gasteiger partial charge on any atom is 0.335 e. The molecule has 1 aliphatic heterocycles. The Kier molecular flexibility index (Phi) is 3.02. The molecule has 1 aromatic rings. The van der Waals surface area contributed by atoms with E-state index >= 15 is 0 Å². The summed E-state index contributed by atoms with van der Waals surface area (Å²) in [5.41, 5.74) is 1.14. The largest absolute Gasteiger partial charge is 0.467 e. The van der Waals surface area contributed by atoms with E-state index in [4.69, 9.17) is 9.47 Å². The zero-order chi connectivity index (χ0) is 10.7. The molecule has 2 rings (SSSR count). The fourth-order valence-electron chi connectivity index (χ4n) is 1.98. The molecule has 1 saturated heterocycles. The standard InChI is InChI=1S/C12H14O3/c1-14-12(13)11-10(7-8-15-11)9-5-3-2-4-6-9/h2-6,10-11H,7-8H2,1H3/t10-,11+/m1/s1. The molecule has 2 atom stereocenters. The number of carbonyl (C=O) groups excluding carboxylic acids is 1. The molecule has 1 aromatic carbocycles. The van der Waals surface area contributed by atoms with E-state index < -0.39 is 6.10 Å². The van der Waals surface area contributed by atoms with Crippen LogP contribution in [0.5, 0.6) is 0 Å². The van der Waals surface area contributed by atoms with E-state index in [0.717, 1.165) is 12.0 Å². The lowest BCUT2D eigenvalue weighted by Gasteiger charge is -2.16. The summed E-state index contributed by atoms with van der Waals surface area (Å²) in [6.45, 7) is 0.624. The summed E-state index contributed by atoms with van der Waals surface area (Å²) in [6, 6.07) is 9.96. The van der Waals surface area contributed by atoms with Crippen molar-refractivity contribution in [1.82, 2.24) is 0 Å². The Hall–Kier alpha value is -1.35. The van der Waals surface area contributed by atoms with Crippen molar-refractivity contribution >= 4 is 5.97 Å². The molecule has 0 aromatic heterocycles. The Morgan fingerprint density at radius 2 is 2.13 bits per heavy atom. The van der Waals surface area contributed by atoms with Gasteiger partial charge in [0.2, 0.25) is 0 Å². The van der Waals surface area contributed by atoms with Gasteiger partial charge in [-0.25, -0.2) is 4.79 Å². The zero-order valence-corrected chi connectivity index (χ0v) is 8.68. The number of esters is 1. The van der Waals surface area contributed by atoms with Crippen molar-refractivity contribution in [2.24, 2.45) is 0 Å². The SMILES string of the molecule is COC(=O)[C@H]1OCC[C@@H]1c1ccccc1. The maximum absolute atomic E-state index is 11.5. The molecule has 0 amide bonds. The number of benzene rings is 1. The number of rotatable bonds is 2. The molecule has 1 aliphatic rings. The molecule has 15 heavy (non-hydrogen) atoms. The molecule has 3 heteroatoms. The summed E-state index contributed by atoms with van der Waals surface area (Å²) in [5.74, 6) is -0.139. The molecule has 0 bridgehead atoms. The summed E-state index contributed by atoms with van der Waals surface area (Å²) in [7, 11) is 1.39. The van der Waals surface area contributed by atoms with Gasteiger partial charge >= 0.3 is 5.97 Å². The Balaban J connectivity index is 2.18. The summed E-state index contributed by atoms with van der Waals surface area (Å²) in [6.07, 6.45) is 0.446. The summed E-state index contributed by atoms with van der Waals surface area (Å²) < 4.78 is 10.1. The van der Waals surface area contributed by atoms with Crippen LogP contribution in [0.2, 0.25) is 0 Å². The monoisotopic (exact) mass is 206 g/mol. The van der Waals surface area contributed by atoms with Crippen LogP contribution in [0.25, 0.3) is 0 Å². The van der Waals surface area contributed by atoms with Crippen LogP contribution in [0, 0.1) is 0 Å². The predicted molar refractivity (Wildman–Crippen MR) is 55.6 cm³/mol. The predicted octanol–water partition coefficient (Wildman–Crippen LogP) is 1.73. The van der Waals surface area contributed by atoms with Crippen molar-refractivity contribution in [3.8, 4) is 0 Å². The van der Waals surface area contributed by atoms with Crippen LogP contribution in [-0.4, -0.2) is 25.8 Å². The van der Waals surface area contributed by atoms with Crippen LogP contribution in [-0.2, 0) is 14.3 Å². The number of hydrogen-bond acceptors (Lipinski definition) is 3. The summed E-state index contributed by atoms with van der Waals surface area (Å²) >= 11 is 0. The van der Waals surface area contributed by atoms with Gasteiger partial charge in [0.1, 0.15) is 0 Å². The van der Waals surface area contributed by atoms with Gasteiger partial charge in [0.15, 0.2) is 6.10 Å². The second-order valence-electron chi connectivity index (χ2n) is 3.62. The van der Waals surface area contributed by atoms with Gasteiger partial charge in [-0.15, -0.1) is 0 Å². The van der Waals surface area contributed by atoms with E-state index in [1.54, 1.807) is 0 Å². The van der Waals surface area contributed by atoms with Gasteiger partial charge < -0.3 is 9.47 Å². The molecule has 0 N–H and O–H groups in total. The Morgan fingerprint density at radius 1 is 1.40 bits per heavy atom. The highest BCUT2D eigenvalue weighted by molar-refractivity contribution is 5.76. The summed E-state index contributed by atoms with van der Waals surface area (Å²) in [5, 5.41) is 0. The third-order valence-corrected chi connectivity index (χ3v) is 2.75. The first-order valence-corrected chi connectivity index (χ1v) is 5.07. The van der Waals surface area contributed by atoms with Crippen molar-refractivity contribution < 1.29 is 14.3 Å². The third-order valence-electron chi connectivity index (χ3n) is 2.75. The summed E-state index contributed by atoms with van der Waals surface area (Å²) in [4.78, 5) is 11.5. The van der Waals surface area contributed by atoms with Crippen LogP contribution in [0.1, 0.15) is 17.9 Å². The van der Waals surface area contributed by atoms with Crippen LogP contribution < -0.4 is 0 Å². The average Bonchev–Trinajstić information content (AvgIpc) is 2.78. The van der Waals surface area contributed by atoms with Crippen molar-refractivity contribution in [1.29, 1.82) is 0 Å². The lowest BCUT2D eigenvalue weighted by molar-refractivity contribution is -0.151. The molecule has 80 valence electrons.